The minimum Gasteiger partial charge on any atom is -0.444 e. The first-order valence-electron chi connectivity index (χ1n) is 7.37. The van der Waals surface area contributed by atoms with E-state index in [4.69, 9.17) is 4.74 Å². The van der Waals surface area contributed by atoms with Gasteiger partial charge in [0, 0.05) is 0 Å². The molecule has 2 N–H and O–H groups in total. The van der Waals surface area contributed by atoms with E-state index in [0.29, 0.717) is 4.90 Å². The molecule has 0 aliphatic rings. The van der Waals surface area contributed by atoms with Gasteiger partial charge in [-0.2, -0.15) is 0 Å². The third-order valence-corrected chi connectivity index (χ3v) is 3.86. The lowest BCUT2D eigenvalue weighted by atomic mass is 10.0. The van der Waals surface area contributed by atoms with Crippen molar-refractivity contribution in [3.05, 3.63) is 30.3 Å². The first-order valence-corrected chi connectivity index (χ1v) is 8.52. The van der Waals surface area contributed by atoms with Gasteiger partial charge in [-0.05, 0) is 38.8 Å². The lowest BCUT2D eigenvalue weighted by Crippen LogP contribution is -2.51. The second-order valence-electron chi connectivity index (χ2n) is 6.42. The van der Waals surface area contributed by atoms with E-state index in [1.165, 1.54) is 0 Å². The number of carbonyl (C=O) groups is 2. The average molecular weight is 340 g/mol. The molecule has 128 valence electrons. The van der Waals surface area contributed by atoms with E-state index in [2.05, 4.69) is 10.0 Å². The highest BCUT2D eigenvalue weighted by Gasteiger charge is 2.28. The highest BCUT2D eigenvalue weighted by atomic mass is 32.2. The zero-order valence-corrected chi connectivity index (χ0v) is 14.9. The van der Waals surface area contributed by atoms with Gasteiger partial charge >= 0.3 is 6.09 Å². The maximum Gasteiger partial charge on any atom is 0.408 e. The summed E-state index contributed by atoms with van der Waals surface area (Å²) in [6, 6.07) is 7.74. The number of benzene rings is 1. The van der Waals surface area contributed by atoms with Crippen LogP contribution in [-0.4, -0.2) is 27.9 Å². The molecule has 0 saturated carbocycles. The molecular formula is C16H24N2O4S. The van der Waals surface area contributed by atoms with Gasteiger partial charge in [0.25, 0.3) is 5.91 Å². The molecule has 2 unspecified atom stereocenters. The van der Waals surface area contributed by atoms with E-state index in [0.717, 1.165) is 0 Å². The number of amides is 2. The fourth-order valence-electron chi connectivity index (χ4n) is 1.73. The van der Waals surface area contributed by atoms with Gasteiger partial charge in [0.2, 0.25) is 0 Å². The molecule has 1 aromatic carbocycles. The molecule has 2 amide bonds. The average Bonchev–Trinajstić information content (AvgIpc) is 2.43. The molecule has 6 nitrogen and oxygen atoms in total. The minimum atomic E-state index is -1.68. The Kier molecular flexibility index (Phi) is 6.75. The quantitative estimate of drug-likeness (QED) is 0.862. The van der Waals surface area contributed by atoms with Gasteiger partial charge in [-0.25, -0.2) is 9.00 Å². The fraction of sp³-hybridized carbons (Fsp3) is 0.500. The lowest BCUT2D eigenvalue weighted by Gasteiger charge is -2.25. The summed E-state index contributed by atoms with van der Waals surface area (Å²) in [5, 5.41) is 2.52. The summed E-state index contributed by atoms with van der Waals surface area (Å²) < 4.78 is 19.7. The third kappa shape index (κ3) is 6.81. The van der Waals surface area contributed by atoms with Gasteiger partial charge in [-0.15, -0.1) is 0 Å². The number of hydrogen-bond donors (Lipinski definition) is 2. The smallest absolute Gasteiger partial charge is 0.408 e. The van der Waals surface area contributed by atoms with Crippen LogP contribution in [0.15, 0.2) is 35.2 Å². The van der Waals surface area contributed by atoms with Gasteiger partial charge in [0.1, 0.15) is 11.6 Å². The van der Waals surface area contributed by atoms with Gasteiger partial charge in [0.05, 0.1) is 4.90 Å². The van der Waals surface area contributed by atoms with Crippen LogP contribution in [0.25, 0.3) is 0 Å². The Labute approximate surface area is 139 Å². The summed E-state index contributed by atoms with van der Waals surface area (Å²) in [7, 11) is -1.68. The van der Waals surface area contributed by atoms with Crippen LogP contribution < -0.4 is 10.0 Å². The van der Waals surface area contributed by atoms with E-state index in [1.807, 2.05) is 0 Å². The molecular weight excluding hydrogens is 316 g/mol. The first kappa shape index (κ1) is 19.2. The van der Waals surface area contributed by atoms with Crippen LogP contribution in [0.3, 0.4) is 0 Å². The van der Waals surface area contributed by atoms with E-state index in [1.54, 1.807) is 65.0 Å². The summed E-state index contributed by atoms with van der Waals surface area (Å²) in [6.45, 7) is 8.78. The fourth-order valence-corrected chi connectivity index (χ4v) is 2.56. The predicted molar refractivity (Wildman–Crippen MR) is 89.0 cm³/mol. The lowest BCUT2D eigenvalue weighted by molar-refractivity contribution is -0.122. The molecule has 0 aromatic heterocycles. The topological polar surface area (TPSA) is 84.5 Å². The van der Waals surface area contributed by atoms with Crippen LogP contribution >= 0.6 is 0 Å². The Morgan fingerprint density at radius 3 is 2.17 bits per heavy atom. The number of rotatable bonds is 5. The monoisotopic (exact) mass is 340 g/mol. The minimum absolute atomic E-state index is 0.185. The summed E-state index contributed by atoms with van der Waals surface area (Å²) in [4.78, 5) is 24.6. The molecule has 0 aliphatic carbocycles. The van der Waals surface area contributed by atoms with Crippen LogP contribution in [0.4, 0.5) is 4.79 Å². The maximum absolute atomic E-state index is 12.3. The molecule has 0 aliphatic heterocycles. The number of alkyl carbamates (subject to hydrolysis) is 1. The molecule has 1 rings (SSSR count). The van der Waals surface area contributed by atoms with Gasteiger partial charge in [0.15, 0.2) is 11.0 Å². The summed E-state index contributed by atoms with van der Waals surface area (Å²) in [6.07, 6.45) is -0.683. The van der Waals surface area contributed by atoms with Crippen molar-refractivity contribution in [2.75, 3.05) is 0 Å². The standard InChI is InChI=1S/C16H24N2O4S/c1-11(2)13(17-15(20)22-16(3,4)5)14(19)18-23(21)12-9-7-6-8-10-12/h6-11,13H,1-5H3,(H,17,20)(H,18,19). The zero-order valence-electron chi connectivity index (χ0n) is 14.1. The Morgan fingerprint density at radius 2 is 1.70 bits per heavy atom. The second kappa shape index (κ2) is 8.10. The van der Waals surface area contributed by atoms with Crippen molar-refractivity contribution in [2.24, 2.45) is 5.92 Å². The molecule has 23 heavy (non-hydrogen) atoms. The van der Waals surface area contributed by atoms with E-state index in [9.17, 15) is 13.8 Å². The number of ether oxygens (including phenoxy) is 1. The normalized spacial score (nSPS) is 14.0. The Balaban J connectivity index is 2.72. The SMILES string of the molecule is CC(C)C(NC(=O)OC(C)(C)C)C(=O)NS(=O)c1ccccc1. The molecule has 0 radical (unpaired) electrons. The number of nitrogens with one attached hydrogen (secondary N) is 2. The van der Waals surface area contributed by atoms with Crippen LogP contribution in [0.5, 0.6) is 0 Å². The molecule has 0 saturated heterocycles. The molecule has 7 heteroatoms. The molecule has 1 aromatic rings. The predicted octanol–water partition coefficient (Wildman–Crippen LogP) is 2.37. The molecule has 0 fully saturated rings. The Morgan fingerprint density at radius 1 is 1.13 bits per heavy atom. The van der Waals surface area contributed by atoms with Crippen molar-refractivity contribution in [1.82, 2.24) is 10.0 Å². The first-order chi connectivity index (χ1) is 10.6. The maximum atomic E-state index is 12.3. The van der Waals surface area contributed by atoms with Gasteiger partial charge in [-0.3, -0.25) is 9.52 Å². The van der Waals surface area contributed by atoms with Crippen molar-refractivity contribution in [1.29, 1.82) is 0 Å². The van der Waals surface area contributed by atoms with E-state index < -0.39 is 34.6 Å². The molecule has 0 heterocycles. The van der Waals surface area contributed by atoms with Crippen molar-refractivity contribution in [2.45, 2.75) is 51.2 Å². The summed E-state index contributed by atoms with van der Waals surface area (Å²) in [5.74, 6) is -0.705. The summed E-state index contributed by atoms with van der Waals surface area (Å²) >= 11 is 0. The Bertz CT molecular complexity index is 567. The molecule has 2 atom stereocenters. The van der Waals surface area contributed by atoms with Crippen LogP contribution in [-0.2, 0) is 20.5 Å². The van der Waals surface area contributed by atoms with Crippen molar-refractivity contribution >= 4 is 23.0 Å². The van der Waals surface area contributed by atoms with Crippen LogP contribution in [0.2, 0.25) is 0 Å². The zero-order chi connectivity index (χ0) is 17.6. The van der Waals surface area contributed by atoms with E-state index in [-0.39, 0.29) is 5.92 Å². The highest BCUT2D eigenvalue weighted by Crippen LogP contribution is 2.10. The van der Waals surface area contributed by atoms with Crippen LogP contribution in [0, 0.1) is 5.92 Å². The highest BCUT2D eigenvalue weighted by molar-refractivity contribution is 7.83. The number of hydrogen-bond acceptors (Lipinski definition) is 4. The van der Waals surface area contributed by atoms with E-state index >= 15 is 0 Å². The third-order valence-electron chi connectivity index (χ3n) is 2.77. The van der Waals surface area contributed by atoms with Gasteiger partial charge in [-0.1, -0.05) is 32.0 Å². The molecule has 0 spiro atoms. The summed E-state index contributed by atoms with van der Waals surface area (Å²) in [5.41, 5.74) is -0.658. The number of carbonyl (C=O) groups excluding carboxylic acids is 2. The van der Waals surface area contributed by atoms with Gasteiger partial charge < -0.3 is 10.1 Å². The van der Waals surface area contributed by atoms with Crippen LogP contribution in [0.1, 0.15) is 34.6 Å². The molecule has 0 bridgehead atoms. The van der Waals surface area contributed by atoms with Crippen molar-refractivity contribution in [3.8, 4) is 0 Å². The Hall–Kier alpha value is -1.89. The van der Waals surface area contributed by atoms with Crippen molar-refractivity contribution in [3.63, 3.8) is 0 Å². The van der Waals surface area contributed by atoms with Crippen molar-refractivity contribution < 1.29 is 18.5 Å². The largest absolute Gasteiger partial charge is 0.444 e. The second-order valence-corrected chi connectivity index (χ2v) is 7.63.